The van der Waals surface area contributed by atoms with Gasteiger partial charge in [0.1, 0.15) is 0 Å². The summed E-state index contributed by atoms with van der Waals surface area (Å²) in [4.78, 5) is 29.5. The number of hydrogen-bond acceptors (Lipinski definition) is 4. The van der Waals surface area contributed by atoms with E-state index in [0.717, 1.165) is 25.7 Å². The van der Waals surface area contributed by atoms with Gasteiger partial charge in [-0.25, -0.2) is 9.59 Å². The van der Waals surface area contributed by atoms with Gasteiger partial charge in [0.25, 0.3) is 0 Å². The van der Waals surface area contributed by atoms with Crippen molar-refractivity contribution >= 4 is 12.2 Å². The summed E-state index contributed by atoms with van der Waals surface area (Å²) in [6.07, 6.45) is 12.9. The molecule has 4 nitrogen and oxygen atoms in total. The molecule has 0 unspecified atom stereocenters. The van der Waals surface area contributed by atoms with Gasteiger partial charge in [-0.3, -0.25) is 0 Å². The van der Waals surface area contributed by atoms with Gasteiger partial charge in [-0.05, 0) is 51.4 Å². The van der Waals surface area contributed by atoms with E-state index in [1.165, 1.54) is 32.1 Å². The monoisotopic (exact) mass is 262 g/mol. The topological polar surface area (TPSA) is 58.9 Å². The maximum Gasteiger partial charge on any atom is 0.235 e. The fourth-order valence-electron chi connectivity index (χ4n) is 3.79. The number of aliphatic imine (C=N–C) groups is 2. The van der Waals surface area contributed by atoms with Crippen molar-refractivity contribution in [1.82, 2.24) is 0 Å². The van der Waals surface area contributed by atoms with Gasteiger partial charge in [-0.2, -0.15) is 9.98 Å². The van der Waals surface area contributed by atoms with Crippen molar-refractivity contribution in [3.63, 3.8) is 0 Å². The van der Waals surface area contributed by atoms with Crippen LogP contribution in [0.5, 0.6) is 0 Å². The van der Waals surface area contributed by atoms with Crippen molar-refractivity contribution < 1.29 is 9.59 Å². The summed E-state index contributed by atoms with van der Waals surface area (Å²) in [5.74, 6) is 0.507. The molecule has 0 aromatic heterocycles. The Labute approximate surface area is 114 Å². The second-order valence-electron chi connectivity index (χ2n) is 6.34. The van der Waals surface area contributed by atoms with Crippen LogP contribution in [-0.4, -0.2) is 23.2 Å². The first-order valence-corrected chi connectivity index (χ1v) is 7.32. The molecule has 2 aliphatic rings. The number of nitrogens with zero attached hydrogens (tertiary/aromatic N) is 2. The highest BCUT2D eigenvalue weighted by atomic mass is 16.1. The molecule has 2 aliphatic carbocycles. The van der Waals surface area contributed by atoms with Crippen LogP contribution in [0.15, 0.2) is 9.98 Å². The van der Waals surface area contributed by atoms with E-state index in [2.05, 4.69) is 9.98 Å². The molecule has 0 saturated heterocycles. The maximum absolute atomic E-state index is 10.8. The Hall–Kier alpha value is -1.24. The standard InChI is InChI=1S/C15H22N2O2/c1-14(16-11-18)7-9-15(10-8-14,17-12-19)13-5-3-2-4-6-13/h13H,2-10H2,1H3. The van der Waals surface area contributed by atoms with E-state index in [9.17, 15) is 9.59 Å². The quantitative estimate of drug-likeness (QED) is 0.578. The molecule has 2 rings (SSSR count). The molecule has 2 fully saturated rings. The molecule has 0 atom stereocenters. The second-order valence-corrected chi connectivity index (χ2v) is 6.34. The van der Waals surface area contributed by atoms with Crippen molar-refractivity contribution in [3.05, 3.63) is 0 Å². The molecule has 0 amide bonds. The molecule has 0 spiro atoms. The van der Waals surface area contributed by atoms with Crippen LogP contribution in [0, 0.1) is 5.92 Å². The zero-order valence-electron chi connectivity index (χ0n) is 11.7. The minimum atomic E-state index is -0.307. The molecular weight excluding hydrogens is 240 g/mol. The second kappa shape index (κ2) is 5.81. The molecule has 104 valence electrons. The minimum absolute atomic E-state index is 0.236. The molecular formula is C15H22N2O2. The van der Waals surface area contributed by atoms with Crippen molar-refractivity contribution in [3.8, 4) is 0 Å². The predicted octanol–water partition coefficient (Wildman–Crippen LogP) is 3.31. The van der Waals surface area contributed by atoms with E-state index >= 15 is 0 Å². The molecule has 0 bridgehead atoms. The van der Waals surface area contributed by atoms with E-state index in [-0.39, 0.29) is 11.1 Å². The molecule has 2 saturated carbocycles. The minimum Gasteiger partial charge on any atom is -0.211 e. The van der Waals surface area contributed by atoms with Gasteiger partial charge < -0.3 is 0 Å². The Morgan fingerprint density at radius 2 is 1.47 bits per heavy atom. The highest BCUT2D eigenvalue weighted by Gasteiger charge is 2.45. The largest absolute Gasteiger partial charge is 0.235 e. The molecule has 0 aliphatic heterocycles. The summed E-state index contributed by atoms with van der Waals surface area (Å²) in [5, 5.41) is 0. The number of carbonyl (C=O) groups excluding carboxylic acids is 2. The lowest BCUT2D eigenvalue weighted by Crippen LogP contribution is -2.45. The van der Waals surface area contributed by atoms with Gasteiger partial charge in [0, 0.05) is 0 Å². The summed E-state index contributed by atoms with van der Waals surface area (Å²) in [5.41, 5.74) is -0.543. The number of hydrogen-bond donors (Lipinski definition) is 0. The molecule has 0 aromatic rings. The van der Waals surface area contributed by atoms with Crippen molar-refractivity contribution in [2.24, 2.45) is 15.9 Å². The first kappa shape index (κ1) is 14.2. The van der Waals surface area contributed by atoms with Crippen LogP contribution in [0.25, 0.3) is 0 Å². The first-order valence-electron chi connectivity index (χ1n) is 7.32. The maximum atomic E-state index is 10.8. The van der Waals surface area contributed by atoms with Crippen LogP contribution in [-0.2, 0) is 9.59 Å². The lowest BCUT2D eigenvalue weighted by molar-refractivity contribution is 0.125. The molecule has 0 N–H and O–H groups in total. The van der Waals surface area contributed by atoms with Crippen LogP contribution in [0.1, 0.15) is 64.7 Å². The zero-order valence-corrected chi connectivity index (χ0v) is 11.7. The summed E-state index contributed by atoms with van der Waals surface area (Å²) >= 11 is 0. The summed E-state index contributed by atoms with van der Waals surface area (Å²) in [6, 6.07) is 0. The van der Waals surface area contributed by atoms with Crippen molar-refractivity contribution in [1.29, 1.82) is 0 Å². The molecule has 4 heteroatoms. The fourth-order valence-corrected chi connectivity index (χ4v) is 3.79. The van der Waals surface area contributed by atoms with Crippen molar-refractivity contribution in [2.75, 3.05) is 0 Å². The summed E-state index contributed by atoms with van der Waals surface area (Å²) < 4.78 is 0. The van der Waals surface area contributed by atoms with E-state index in [1.54, 1.807) is 12.2 Å². The lowest BCUT2D eigenvalue weighted by Gasteiger charge is -2.45. The van der Waals surface area contributed by atoms with Crippen LogP contribution in [0.2, 0.25) is 0 Å². The van der Waals surface area contributed by atoms with E-state index in [0.29, 0.717) is 5.92 Å². The highest BCUT2D eigenvalue weighted by Crippen LogP contribution is 2.47. The SMILES string of the molecule is CC1(N=C=O)CCC(N=C=O)(C2CCCCC2)CC1. The lowest BCUT2D eigenvalue weighted by atomic mass is 9.64. The third-order valence-electron chi connectivity index (χ3n) is 5.14. The van der Waals surface area contributed by atoms with E-state index < -0.39 is 0 Å². The van der Waals surface area contributed by atoms with Crippen LogP contribution < -0.4 is 0 Å². The zero-order chi connectivity index (χ0) is 13.8. The Morgan fingerprint density at radius 3 is 2.00 bits per heavy atom. The third-order valence-corrected chi connectivity index (χ3v) is 5.14. The highest BCUT2D eigenvalue weighted by molar-refractivity contribution is 5.37. The molecule has 19 heavy (non-hydrogen) atoms. The van der Waals surface area contributed by atoms with Crippen LogP contribution in [0.4, 0.5) is 0 Å². The predicted molar refractivity (Wildman–Crippen MR) is 72.4 cm³/mol. The first-order chi connectivity index (χ1) is 9.14. The molecule has 0 radical (unpaired) electrons. The molecule has 0 aromatic carbocycles. The third kappa shape index (κ3) is 3.02. The fraction of sp³-hybridized carbons (Fsp3) is 0.867. The molecule has 0 heterocycles. The van der Waals surface area contributed by atoms with Gasteiger partial charge in [-0.15, -0.1) is 0 Å². The normalized spacial score (nSPS) is 36.1. The van der Waals surface area contributed by atoms with Gasteiger partial charge in [0.2, 0.25) is 12.2 Å². The average Bonchev–Trinajstić information content (AvgIpc) is 2.43. The van der Waals surface area contributed by atoms with E-state index in [4.69, 9.17) is 0 Å². The van der Waals surface area contributed by atoms with E-state index in [1.807, 2.05) is 6.92 Å². The van der Waals surface area contributed by atoms with Crippen LogP contribution >= 0.6 is 0 Å². The summed E-state index contributed by atoms with van der Waals surface area (Å²) in [6.45, 7) is 1.99. The van der Waals surface area contributed by atoms with Gasteiger partial charge in [-0.1, -0.05) is 19.3 Å². The Bertz CT molecular complexity index is 406. The average molecular weight is 262 g/mol. The van der Waals surface area contributed by atoms with Gasteiger partial charge >= 0.3 is 0 Å². The summed E-state index contributed by atoms with van der Waals surface area (Å²) in [7, 11) is 0. The number of isocyanates is 2. The smallest absolute Gasteiger partial charge is 0.211 e. The Kier molecular flexibility index (Phi) is 4.34. The van der Waals surface area contributed by atoms with Crippen molar-refractivity contribution in [2.45, 2.75) is 75.8 Å². The van der Waals surface area contributed by atoms with Gasteiger partial charge in [0.15, 0.2) is 0 Å². The Morgan fingerprint density at radius 1 is 0.895 bits per heavy atom. The Balaban J connectivity index is 2.14. The van der Waals surface area contributed by atoms with Gasteiger partial charge in [0.05, 0.1) is 11.1 Å². The van der Waals surface area contributed by atoms with Crippen LogP contribution in [0.3, 0.4) is 0 Å². The number of rotatable bonds is 3.